The van der Waals surface area contributed by atoms with E-state index >= 15 is 0 Å². The molecular formula is C30H24F2NNaO3S. The molecule has 0 radical (unpaired) electrons. The van der Waals surface area contributed by atoms with Crippen LogP contribution in [0.15, 0.2) is 66.7 Å². The topological polar surface area (TPSA) is 62.2 Å². The molecule has 1 atom stereocenters. The second kappa shape index (κ2) is 11.6. The molecule has 188 valence electrons. The maximum Gasteiger partial charge on any atom is 1.00 e. The van der Waals surface area contributed by atoms with E-state index < -0.39 is 23.0 Å². The number of hydrogen-bond acceptors (Lipinski definition) is 5. The SMILES string of the molecule is CC(C)(CSC1c2ccccc2COc2ccc(C=Cc3ccc4cc(F)c(F)cc4n3)cc21)C(=O)[O-].[Na+]. The van der Waals surface area contributed by atoms with E-state index in [2.05, 4.69) is 11.1 Å². The van der Waals surface area contributed by atoms with Gasteiger partial charge in [-0.25, -0.2) is 13.8 Å². The van der Waals surface area contributed by atoms with Gasteiger partial charge in [0, 0.05) is 34.2 Å². The number of aromatic nitrogens is 1. The van der Waals surface area contributed by atoms with Crippen molar-refractivity contribution in [2.24, 2.45) is 5.41 Å². The number of thioether (sulfide) groups is 1. The van der Waals surface area contributed by atoms with E-state index in [0.717, 1.165) is 40.1 Å². The first-order chi connectivity index (χ1) is 17.7. The van der Waals surface area contributed by atoms with E-state index in [9.17, 15) is 18.7 Å². The standard InChI is InChI=1S/C30H25F2NO3S.Na/c1-30(2,29(34)35)17-37-28-22-6-4-3-5-20(22)16-36-27-12-8-18(13-23(27)28)7-10-21-11-9-19-14-24(31)25(32)15-26(19)33-21;/h3-15,28H,16-17H2,1-2H3,(H,34,35);/q;+1/p-1. The van der Waals surface area contributed by atoms with Gasteiger partial charge in [-0.3, -0.25) is 0 Å². The number of nitrogens with zero attached hydrogens (tertiary/aromatic N) is 1. The Morgan fingerprint density at radius 1 is 1.05 bits per heavy atom. The second-order valence-corrected chi connectivity index (χ2v) is 10.8. The average molecular weight is 540 g/mol. The fourth-order valence-corrected chi connectivity index (χ4v) is 5.66. The summed E-state index contributed by atoms with van der Waals surface area (Å²) in [6.07, 6.45) is 3.72. The normalized spacial score (nSPS) is 14.8. The van der Waals surface area contributed by atoms with Crippen LogP contribution in [0.3, 0.4) is 0 Å². The molecule has 4 aromatic rings. The molecule has 5 rings (SSSR count). The van der Waals surface area contributed by atoms with E-state index in [1.165, 1.54) is 0 Å². The third kappa shape index (κ3) is 5.96. The van der Waals surface area contributed by atoms with Crippen molar-refractivity contribution in [3.05, 3.63) is 106 Å². The Bertz CT molecular complexity index is 1540. The molecular weight excluding hydrogens is 515 g/mol. The summed E-state index contributed by atoms with van der Waals surface area (Å²) in [5.74, 6) is -1.80. The molecule has 0 aliphatic carbocycles. The molecule has 0 amide bonds. The number of halogens is 2. The zero-order valence-corrected chi connectivity index (χ0v) is 24.1. The van der Waals surface area contributed by atoms with Gasteiger partial charge in [0.25, 0.3) is 0 Å². The molecule has 38 heavy (non-hydrogen) atoms. The quantitative estimate of drug-likeness (QED) is 0.353. The third-order valence-corrected chi connectivity index (χ3v) is 8.13. The minimum atomic E-state index is -1.08. The Morgan fingerprint density at radius 3 is 2.61 bits per heavy atom. The van der Waals surface area contributed by atoms with Crippen molar-refractivity contribution in [3.63, 3.8) is 0 Å². The number of pyridine rings is 1. The molecule has 8 heteroatoms. The van der Waals surface area contributed by atoms with Crippen LogP contribution in [0.5, 0.6) is 5.75 Å². The molecule has 1 unspecified atom stereocenters. The van der Waals surface area contributed by atoms with Crippen LogP contribution in [0.25, 0.3) is 23.1 Å². The molecule has 1 aromatic heterocycles. The van der Waals surface area contributed by atoms with Crippen LogP contribution in [-0.4, -0.2) is 16.7 Å². The van der Waals surface area contributed by atoms with Crippen molar-refractivity contribution in [3.8, 4) is 5.75 Å². The van der Waals surface area contributed by atoms with Gasteiger partial charge >= 0.3 is 29.6 Å². The largest absolute Gasteiger partial charge is 1.00 e. The number of carbonyl (C=O) groups excluding carboxylic acids is 1. The van der Waals surface area contributed by atoms with Crippen molar-refractivity contribution in [2.75, 3.05) is 5.75 Å². The first kappa shape index (κ1) is 28.3. The van der Waals surface area contributed by atoms with Gasteiger partial charge in [0.2, 0.25) is 0 Å². The summed E-state index contributed by atoms with van der Waals surface area (Å²) in [4.78, 5) is 16.1. The predicted octanol–water partition coefficient (Wildman–Crippen LogP) is 3.18. The molecule has 0 fully saturated rings. The Labute approximate surface area is 246 Å². The fraction of sp³-hybridized carbons (Fsp3) is 0.200. The van der Waals surface area contributed by atoms with Crippen molar-refractivity contribution >= 4 is 40.8 Å². The van der Waals surface area contributed by atoms with E-state index in [4.69, 9.17) is 4.74 Å². The van der Waals surface area contributed by atoms with Gasteiger partial charge in [-0.15, -0.1) is 11.8 Å². The number of carboxylic acid groups (broad SMARTS) is 1. The second-order valence-electron chi connectivity index (χ2n) is 9.68. The molecule has 2 heterocycles. The fourth-order valence-electron chi connectivity index (χ4n) is 4.19. The minimum Gasteiger partial charge on any atom is -0.550 e. The summed E-state index contributed by atoms with van der Waals surface area (Å²) >= 11 is 1.55. The first-order valence-electron chi connectivity index (χ1n) is 11.8. The van der Waals surface area contributed by atoms with Crippen LogP contribution < -0.4 is 39.4 Å². The van der Waals surface area contributed by atoms with E-state index in [1.54, 1.807) is 37.7 Å². The smallest absolute Gasteiger partial charge is 0.550 e. The number of fused-ring (bicyclic) bond motifs is 3. The number of ether oxygens (including phenoxy) is 1. The van der Waals surface area contributed by atoms with Crippen LogP contribution in [0.1, 0.15) is 47.0 Å². The van der Waals surface area contributed by atoms with Gasteiger partial charge < -0.3 is 14.6 Å². The summed E-state index contributed by atoms with van der Waals surface area (Å²) in [5, 5.41) is 12.0. The number of rotatable bonds is 6. The van der Waals surface area contributed by atoms with Crippen LogP contribution in [0.4, 0.5) is 8.78 Å². The summed E-state index contributed by atoms with van der Waals surface area (Å²) in [5.41, 5.74) is 4.00. The molecule has 0 saturated heterocycles. The molecule has 3 aromatic carbocycles. The number of carbonyl (C=O) groups is 1. The van der Waals surface area contributed by atoms with Crippen molar-refractivity contribution in [1.29, 1.82) is 0 Å². The zero-order chi connectivity index (χ0) is 26.2. The zero-order valence-electron chi connectivity index (χ0n) is 21.3. The van der Waals surface area contributed by atoms with Crippen LogP contribution in [-0.2, 0) is 11.4 Å². The average Bonchev–Trinajstić information content (AvgIpc) is 3.03. The van der Waals surface area contributed by atoms with Crippen LogP contribution in [0.2, 0.25) is 0 Å². The minimum absolute atomic E-state index is 0. The molecule has 0 bridgehead atoms. The molecule has 0 N–H and O–H groups in total. The Morgan fingerprint density at radius 2 is 1.82 bits per heavy atom. The van der Waals surface area contributed by atoms with E-state index in [0.29, 0.717) is 29.0 Å². The number of hydrogen-bond donors (Lipinski definition) is 0. The van der Waals surface area contributed by atoms with Gasteiger partial charge in [-0.05, 0) is 47.0 Å². The van der Waals surface area contributed by atoms with Crippen LogP contribution >= 0.6 is 11.8 Å². The summed E-state index contributed by atoms with van der Waals surface area (Å²) in [6, 6.07) is 19.6. The van der Waals surface area contributed by atoms with E-state index in [-0.39, 0.29) is 34.8 Å². The monoisotopic (exact) mass is 539 g/mol. The predicted molar refractivity (Wildman–Crippen MR) is 141 cm³/mol. The first-order valence-corrected chi connectivity index (χ1v) is 12.9. The summed E-state index contributed by atoms with van der Waals surface area (Å²) in [6.45, 7) is 3.77. The van der Waals surface area contributed by atoms with Crippen molar-refractivity contribution < 1.29 is 53.0 Å². The number of aliphatic carboxylic acids is 1. The van der Waals surface area contributed by atoms with Crippen molar-refractivity contribution in [1.82, 2.24) is 4.98 Å². The van der Waals surface area contributed by atoms with Gasteiger partial charge in [-0.1, -0.05) is 56.3 Å². The van der Waals surface area contributed by atoms with E-state index in [1.807, 2.05) is 48.6 Å². The van der Waals surface area contributed by atoms with Gasteiger partial charge in [0.15, 0.2) is 11.6 Å². The van der Waals surface area contributed by atoms with Crippen molar-refractivity contribution in [2.45, 2.75) is 25.7 Å². The Balaban J connectivity index is 0.00000336. The number of benzene rings is 3. The maximum absolute atomic E-state index is 13.7. The number of carboxylic acids is 1. The molecule has 1 aliphatic heterocycles. The Hall–Kier alpha value is -2.71. The Kier molecular flexibility index (Phi) is 8.62. The summed E-state index contributed by atoms with van der Waals surface area (Å²) < 4.78 is 33.3. The molecule has 1 aliphatic rings. The van der Waals surface area contributed by atoms with Gasteiger partial charge in [0.1, 0.15) is 12.4 Å². The third-order valence-electron chi connectivity index (χ3n) is 6.40. The van der Waals surface area contributed by atoms with Gasteiger partial charge in [-0.2, -0.15) is 0 Å². The maximum atomic E-state index is 13.7. The van der Waals surface area contributed by atoms with Crippen LogP contribution in [0, 0.1) is 17.0 Å². The molecule has 0 spiro atoms. The molecule has 0 saturated carbocycles. The van der Waals surface area contributed by atoms with Gasteiger partial charge in [0.05, 0.1) is 16.5 Å². The summed E-state index contributed by atoms with van der Waals surface area (Å²) in [7, 11) is 0. The molecule has 4 nitrogen and oxygen atoms in total.